The summed E-state index contributed by atoms with van der Waals surface area (Å²) in [6.07, 6.45) is 7.54. The van der Waals surface area contributed by atoms with Gasteiger partial charge in [-0.25, -0.2) is 0 Å². The molecule has 4 aromatic carbocycles. The molecule has 0 N–H and O–H groups in total. The van der Waals surface area contributed by atoms with E-state index in [1.807, 2.05) is 0 Å². The van der Waals surface area contributed by atoms with Crippen LogP contribution in [0, 0.1) is 69.2 Å². The minimum absolute atomic E-state index is 1.11. The molecule has 0 saturated heterocycles. The Morgan fingerprint density at radius 1 is 0.444 bits per heavy atom. The standard InChI is InChI=1S/C44H52Si/c1-13-45(14-2,37-21-35-17-15-19-39(41(35)23-37)43-31(9)27(5)25(3)28(6)32(43)10)38-22-36-18-16-20-40(42(36)24-38)44-33(11)29(7)26(4)30(8)34(44)12/h15-20,23-24H,13-14,21-22H2,1-12H3. The molecule has 45 heavy (non-hydrogen) atoms. The number of fused-ring (bicyclic) bond motifs is 2. The van der Waals surface area contributed by atoms with Crippen LogP contribution in [0.15, 0.2) is 46.8 Å². The van der Waals surface area contributed by atoms with E-state index in [-0.39, 0.29) is 0 Å². The van der Waals surface area contributed by atoms with E-state index >= 15 is 0 Å². The van der Waals surface area contributed by atoms with Crippen molar-refractivity contribution in [2.45, 2.75) is 108 Å². The van der Waals surface area contributed by atoms with E-state index in [1.165, 1.54) is 112 Å². The van der Waals surface area contributed by atoms with Crippen molar-refractivity contribution in [2.24, 2.45) is 0 Å². The first-order valence-corrected chi connectivity index (χ1v) is 19.6. The average molecular weight is 609 g/mol. The van der Waals surface area contributed by atoms with Gasteiger partial charge in [-0.3, -0.25) is 0 Å². The maximum atomic E-state index is 2.67. The first kappa shape index (κ1) is 31.6. The lowest BCUT2D eigenvalue weighted by molar-refractivity contribution is 1.15. The molecule has 0 saturated carbocycles. The van der Waals surface area contributed by atoms with E-state index in [1.54, 1.807) is 10.4 Å². The molecule has 0 aromatic heterocycles. The average Bonchev–Trinajstić information content (AvgIpc) is 3.68. The van der Waals surface area contributed by atoms with Crippen LogP contribution in [0.1, 0.15) is 91.7 Å². The minimum Gasteiger partial charge on any atom is -0.0709 e. The van der Waals surface area contributed by atoms with E-state index in [0.29, 0.717) is 0 Å². The van der Waals surface area contributed by atoms with Gasteiger partial charge in [-0.1, -0.05) is 84.9 Å². The van der Waals surface area contributed by atoms with Crippen molar-refractivity contribution in [1.82, 2.24) is 0 Å². The zero-order chi connectivity index (χ0) is 32.5. The van der Waals surface area contributed by atoms with Crippen LogP contribution in [0.5, 0.6) is 0 Å². The molecular weight excluding hydrogens is 557 g/mol. The summed E-state index contributed by atoms with van der Waals surface area (Å²) in [5.74, 6) is 0. The lowest BCUT2D eigenvalue weighted by atomic mass is 9.84. The van der Waals surface area contributed by atoms with Crippen molar-refractivity contribution in [3.63, 3.8) is 0 Å². The molecule has 2 aliphatic rings. The van der Waals surface area contributed by atoms with Gasteiger partial charge in [0.15, 0.2) is 0 Å². The molecular formula is C44H52Si. The third-order valence-corrected chi connectivity index (χ3v) is 18.3. The topological polar surface area (TPSA) is 0 Å². The van der Waals surface area contributed by atoms with Gasteiger partial charge in [-0.2, -0.15) is 0 Å². The summed E-state index contributed by atoms with van der Waals surface area (Å²) < 4.78 is 0. The summed E-state index contributed by atoms with van der Waals surface area (Å²) >= 11 is 0. The molecule has 0 heterocycles. The summed E-state index contributed by atoms with van der Waals surface area (Å²) in [5, 5.41) is 3.47. The maximum absolute atomic E-state index is 2.67. The summed E-state index contributed by atoms with van der Waals surface area (Å²) in [5.41, 5.74) is 26.2. The molecule has 0 atom stereocenters. The van der Waals surface area contributed by atoms with Crippen LogP contribution in [0.25, 0.3) is 34.4 Å². The van der Waals surface area contributed by atoms with Gasteiger partial charge < -0.3 is 0 Å². The first-order valence-electron chi connectivity index (χ1n) is 17.2. The predicted octanol–water partition coefficient (Wildman–Crippen LogP) is 12.3. The molecule has 0 fully saturated rings. The Balaban J connectivity index is 1.49. The number of rotatable bonds is 6. The Morgan fingerprint density at radius 2 is 0.756 bits per heavy atom. The monoisotopic (exact) mass is 608 g/mol. The second-order valence-corrected chi connectivity index (χ2v) is 19.1. The summed E-state index contributed by atoms with van der Waals surface area (Å²) in [4.78, 5) is 0. The fourth-order valence-corrected chi connectivity index (χ4v) is 13.6. The molecule has 0 aliphatic heterocycles. The van der Waals surface area contributed by atoms with Crippen LogP contribution in [0.2, 0.25) is 12.1 Å². The Kier molecular flexibility index (Phi) is 8.01. The highest BCUT2D eigenvalue weighted by Gasteiger charge is 2.41. The van der Waals surface area contributed by atoms with Crippen LogP contribution >= 0.6 is 0 Å². The molecule has 0 nitrogen and oxygen atoms in total. The van der Waals surface area contributed by atoms with Crippen LogP contribution in [0.4, 0.5) is 0 Å². The van der Waals surface area contributed by atoms with Crippen molar-refractivity contribution < 1.29 is 0 Å². The van der Waals surface area contributed by atoms with Crippen molar-refractivity contribution in [3.05, 3.63) is 125 Å². The Labute approximate surface area is 274 Å². The third kappa shape index (κ3) is 4.60. The lowest BCUT2D eigenvalue weighted by Crippen LogP contribution is -2.39. The Bertz CT molecular complexity index is 1760. The van der Waals surface area contributed by atoms with Gasteiger partial charge in [0.2, 0.25) is 0 Å². The quantitative estimate of drug-likeness (QED) is 0.191. The molecule has 0 amide bonds. The van der Waals surface area contributed by atoms with Gasteiger partial charge in [-0.05, 0) is 182 Å². The summed E-state index contributed by atoms with van der Waals surface area (Å²) in [6, 6.07) is 16.7. The first-order chi connectivity index (χ1) is 21.4. The lowest BCUT2D eigenvalue weighted by Gasteiger charge is -2.33. The highest BCUT2D eigenvalue weighted by atomic mass is 28.3. The second kappa shape index (κ2) is 11.4. The number of hydrogen-bond donors (Lipinski definition) is 0. The normalized spacial score (nSPS) is 14.0. The van der Waals surface area contributed by atoms with Crippen LogP contribution in [-0.4, -0.2) is 8.07 Å². The third-order valence-electron chi connectivity index (χ3n) is 12.8. The van der Waals surface area contributed by atoms with E-state index < -0.39 is 8.07 Å². The van der Waals surface area contributed by atoms with Crippen LogP contribution in [-0.2, 0) is 12.8 Å². The summed E-state index contributed by atoms with van der Waals surface area (Å²) in [6.45, 7) is 28.1. The Hall–Kier alpha value is -3.42. The molecule has 4 aromatic rings. The van der Waals surface area contributed by atoms with Crippen molar-refractivity contribution in [3.8, 4) is 22.3 Å². The highest BCUT2D eigenvalue weighted by Crippen LogP contribution is 2.48. The SMILES string of the molecule is CC[Si](CC)(C1=Cc2c(cccc2-c2c(C)c(C)c(C)c(C)c2C)C1)C1=Cc2c(cccc2-c2c(C)c(C)c(C)c(C)c2C)C1. The van der Waals surface area contributed by atoms with Crippen LogP contribution in [0.3, 0.4) is 0 Å². The fourth-order valence-electron chi connectivity index (χ4n) is 8.96. The van der Waals surface area contributed by atoms with Gasteiger partial charge in [0.25, 0.3) is 0 Å². The van der Waals surface area contributed by atoms with Gasteiger partial charge in [0, 0.05) is 0 Å². The van der Waals surface area contributed by atoms with Crippen molar-refractivity contribution in [2.75, 3.05) is 0 Å². The zero-order valence-electron chi connectivity index (χ0n) is 29.9. The fraction of sp³-hybridized carbons (Fsp3) is 0.364. The van der Waals surface area contributed by atoms with Gasteiger partial charge >= 0.3 is 0 Å². The van der Waals surface area contributed by atoms with E-state index in [9.17, 15) is 0 Å². The van der Waals surface area contributed by atoms with Crippen LogP contribution < -0.4 is 0 Å². The zero-order valence-corrected chi connectivity index (χ0v) is 30.9. The second-order valence-electron chi connectivity index (χ2n) is 14.2. The molecule has 0 spiro atoms. The van der Waals surface area contributed by atoms with Gasteiger partial charge in [0.1, 0.15) is 8.07 Å². The van der Waals surface area contributed by atoms with Crippen molar-refractivity contribution in [1.29, 1.82) is 0 Å². The predicted molar refractivity (Wildman–Crippen MR) is 201 cm³/mol. The number of benzene rings is 4. The van der Waals surface area contributed by atoms with Gasteiger partial charge in [0.05, 0.1) is 0 Å². The minimum atomic E-state index is -1.91. The molecule has 2 aliphatic carbocycles. The van der Waals surface area contributed by atoms with E-state index in [0.717, 1.165) is 12.8 Å². The van der Waals surface area contributed by atoms with E-state index in [4.69, 9.17) is 0 Å². The van der Waals surface area contributed by atoms with E-state index in [2.05, 4.69) is 132 Å². The highest BCUT2D eigenvalue weighted by molar-refractivity contribution is 6.94. The molecule has 6 rings (SSSR count). The molecule has 232 valence electrons. The molecule has 1 heteroatoms. The molecule has 0 bridgehead atoms. The molecule has 0 unspecified atom stereocenters. The van der Waals surface area contributed by atoms with Crippen molar-refractivity contribution >= 4 is 20.2 Å². The number of allylic oxidation sites excluding steroid dienone is 2. The Morgan fingerprint density at radius 3 is 1.07 bits per heavy atom. The summed E-state index contributed by atoms with van der Waals surface area (Å²) in [7, 11) is -1.91. The largest absolute Gasteiger partial charge is 0.109 e. The number of hydrogen-bond acceptors (Lipinski definition) is 0. The smallest absolute Gasteiger partial charge is 0.0709 e. The molecule has 0 radical (unpaired) electrons. The van der Waals surface area contributed by atoms with Gasteiger partial charge in [-0.15, -0.1) is 0 Å². The maximum Gasteiger partial charge on any atom is 0.109 e.